The van der Waals surface area contributed by atoms with E-state index in [1.165, 1.54) is 6.07 Å². The number of hydrogen-bond acceptors (Lipinski definition) is 2. The second kappa shape index (κ2) is 8.25. The van der Waals surface area contributed by atoms with Crippen LogP contribution in [0.5, 0.6) is 5.75 Å². The van der Waals surface area contributed by atoms with Crippen LogP contribution in [0.3, 0.4) is 0 Å². The van der Waals surface area contributed by atoms with Crippen molar-refractivity contribution in [2.75, 3.05) is 6.61 Å². The number of pyridine rings is 1. The first kappa shape index (κ1) is 17.8. The van der Waals surface area contributed by atoms with Gasteiger partial charge in [-0.05, 0) is 53.5 Å². The van der Waals surface area contributed by atoms with E-state index >= 15 is 0 Å². The van der Waals surface area contributed by atoms with Gasteiger partial charge >= 0.3 is 0 Å². The molecule has 21 heavy (non-hydrogen) atoms. The van der Waals surface area contributed by atoms with Gasteiger partial charge in [-0.15, -0.1) is 0 Å². The van der Waals surface area contributed by atoms with Crippen LogP contribution in [0.25, 0.3) is 5.69 Å². The first-order chi connectivity index (χ1) is 10.0. The fourth-order valence-electron chi connectivity index (χ4n) is 1.83. The van der Waals surface area contributed by atoms with Crippen molar-refractivity contribution < 1.29 is 4.74 Å². The molecule has 0 amide bonds. The summed E-state index contributed by atoms with van der Waals surface area (Å²) >= 11 is 9.22. The second-order valence-electron chi connectivity index (χ2n) is 4.06. The fourth-order valence-corrected chi connectivity index (χ4v) is 2.29. The number of nitrogens with zero attached hydrogens (tertiary/aromatic N) is 1. The molecule has 3 nitrogen and oxygen atoms in total. The summed E-state index contributed by atoms with van der Waals surface area (Å²) in [6, 6.07) is 7.01. The van der Waals surface area contributed by atoms with Crippen LogP contribution in [-0.4, -0.2) is 11.2 Å². The molecule has 0 unspecified atom stereocenters. The van der Waals surface area contributed by atoms with Crippen molar-refractivity contribution in [2.24, 2.45) is 0 Å². The molecule has 1 heterocycles. The minimum Gasteiger partial charge on any atom is -0.494 e. The lowest BCUT2D eigenvalue weighted by atomic mass is 10.2. The topological polar surface area (TPSA) is 31.2 Å². The summed E-state index contributed by atoms with van der Waals surface area (Å²) in [6.45, 7) is 8.49. The van der Waals surface area contributed by atoms with E-state index in [2.05, 4.69) is 15.9 Å². The lowest BCUT2D eigenvalue weighted by molar-refractivity contribution is 0.340. The highest BCUT2D eigenvalue weighted by atomic mass is 79.9. The summed E-state index contributed by atoms with van der Waals surface area (Å²) in [4.78, 5) is 12.0. The average Bonchev–Trinajstić information content (AvgIpc) is 2.46. The Hall–Kier alpha value is -1.26. The third-order valence-electron chi connectivity index (χ3n) is 2.70. The van der Waals surface area contributed by atoms with Crippen LogP contribution in [-0.2, 0) is 0 Å². The van der Waals surface area contributed by atoms with E-state index in [0.29, 0.717) is 16.1 Å². The fraction of sp³-hybridized carbons (Fsp3) is 0.312. The minimum absolute atomic E-state index is 0.166. The molecule has 0 aliphatic carbocycles. The third kappa shape index (κ3) is 4.35. The number of ether oxygens (including phenoxy) is 1. The zero-order valence-corrected chi connectivity index (χ0v) is 15.0. The average molecular weight is 373 g/mol. The van der Waals surface area contributed by atoms with E-state index in [9.17, 15) is 4.79 Å². The Balaban J connectivity index is 0.00000106. The molecule has 2 aromatic rings. The first-order valence-corrected chi connectivity index (χ1v) is 8.01. The van der Waals surface area contributed by atoms with Crippen molar-refractivity contribution >= 4 is 27.5 Å². The molecule has 0 radical (unpaired) electrons. The van der Waals surface area contributed by atoms with Gasteiger partial charge in [0, 0.05) is 12.3 Å². The standard InChI is InChI=1S/C14H13BrClNO2.C2H6/c1-3-19-10-4-5-13(9(2)6-10)17-8-11(15)12(16)7-14(17)18;1-2/h4-8H,3H2,1-2H3;1-2H3. The van der Waals surface area contributed by atoms with E-state index in [4.69, 9.17) is 16.3 Å². The molecule has 0 spiro atoms. The van der Waals surface area contributed by atoms with Gasteiger partial charge in [0.15, 0.2) is 0 Å². The Labute approximate surface area is 138 Å². The quantitative estimate of drug-likeness (QED) is 0.760. The molecule has 0 saturated heterocycles. The number of halogens is 2. The first-order valence-electron chi connectivity index (χ1n) is 6.84. The van der Waals surface area contributed by atoms with E-state index in [0.717, 1.165) is 17.0 Å². The van der Waals surface area contributed by atoms with Crippen molar-refractivity contribution in [3.8, 4) is 11.4 Å². The summed E-state index contributed by atoms with van der Waals surface area (Å²) in [5, 5.41) is 0.407. The molecule has 114 valence electrons. The van der Waals surface area contributed by atoms with Gasteiger partial charge in [-0.25, -0.2) is 0 Å². The number of aromatic nitrogens is 1. The van der Waals surface area contributed by atoms with Crippen LogP contribution in [0.4, 0.5) is 0 Å². The molecule has 0 aliphatic rings. The largest absolute Gasteiger partial charge is 0.494 e. The number of rotatable bonds is 3. The number of benzene rings is 1. The predicted octanol–water partition coefficient (Wildman–Crippen LogP) is 4.99. The van der Waals surface area contributed by atoms with Crippen molar-refractivity contribution in [1.29, 1.82) is 0 Å². The van der Waals surface area contributed by atoms with Gasteiger partial charge in [0.05, 0.1) is 21.8 Å². The van der Waals surface area contributed by atoms with Crippen LogP contribution >= 0.6 is 27.5 Å². The lowest BCUT2D eigenvalue weighted by Crippen LogP contribution is -2.17. The van der Waals surface area contributed by atoms with Crippen LogP contribution in [0.1, 0.15) is 26.3 Å². The molecule has 0 saturated carbocycles. The molecule has 0 fully saturated rings. The van der Waals surface area contributed by atoms with Gasteiger partial charge in [-0.1, -0.05) is 25.4 Å². The van der Waals surface area contributed by atoms with Gasteiger partial charge < -0.3 is 4.74 Å². The molecule has 0 aliphatic heterocycles. The lowest BCUT2D eigenvalue weighted by Gasteiger charge is -2.12. The maximum Gasteiger partial charge on any atom is 0.256 e. The molecule has 0 bridgehead atoms. The Bertz CT molecular complexity index is 668. The van der Waals surface area contributed by atoms with Gasteiger partial charge in [0.2, 0.25) is 0 Å². The molecule has 1 aromatic carbocycles. The minimum atomic E-state index is -0.166. The summed E-state index contributed by atoms with van der Waals surface area (Å²) < 4.78 is 7.67. The van der Waals surface area contributed by atoms with Gasteiger partial charge in [-0.2, -0.15) is 0 Å². The van der Waals surface area contributed by atoms with Crippen molar-refractivity contribution in [3.63, 3.8) is 0 Å². The zero-order valence-electron chi connectivity index (χ0n) is 12.6. The van der Waals surface area contributed by atoms with Crippen LogP contribution in [0.15, 0.2) is 39.7 Å². The monoisotopic (exact) mass is 371 g/mol. The highest BCUT2D eigenvalue weighted by Crippen LogP contribution is 2.23. The summed E-state index contributed by atoms with van der Waals surface area (Å²) in [6.07, 6.45) is 1.67. The molecular formula is C16H19BrClNO2. The van der Waals surface area contributed by atoms with E-state index in [-0.39, 0.29) is 5.56 Å². The third-order valence-corrected chi connectivity index (χ3v) is 3.87. The Morgan fingerprint density at radius 3 is 2.52 bits per heavy atom. The van der Waals surface area contributed by atoms with E-state index in [1.807, 2.05) is 45.9 Å². The predicted molar refractivity (Wildman–Crippen MR) is 92.0 cm³/mol. The van der Waals surface area contributed by atoms with Gasteiger partial charge in [-0.3, -0.25) is 9.36 Å². The highest BCUT2D eigenvalue weighted by molar-refractivity contribution is 9.10. The van der Waals surface area contributed by atoms with Crippen LogP contribution < -0.4 is 10.3 Å². The maximum absolute atomic E-state index is 12.0. The Morgan fingerprint density at radius 2 is 1.95 bits per heavy atom. The second-order valence-corrected chi connectivity index (χ2v) is 5.32. The zero-order chi connectivity index (χ0) is 16.0. The molecule has 0 N–H and O–H groups in total. The number of hydrogen-bond donors (Lipinski definition) is 0. The normalized spacial score (nSPS) is 9.81. The molecule has 5 heteroatoms. The highest BCUT2D eigenvalue weighted by Gasteiger charge is 2.08. The summed E-state index contributed by atoms with van der Waals surface area (Å²) in [7, 11) is 0. The summed E-state index contributed by atoms with van der Waals surface area (Å²) in [5.74, 6) is 0.796. The van der Waals surface area contributed by atoms with E-state index < -0.39 is 0 Å². The summed E-state index contributed by atoms with van der Waals surface area (Å²) in [5.41, 5.74) is 1.61. The molecule has 0 atom stereocenters. The molecule has 1 aromatic heterocycles. The Morgan fingerprint density at radius 1 is 1.29 bits per heavy atom. The maximum atomic E-state index is 12.0. The number of aryl methyl sites for hydroxylation is 1. The van der Waals surface area contributed by atoms with Crippen molar-refractivity contribution in [1.82, 2.24) is 4.57 Å². The van der Waals surface area contributed by atoms with E-state index in [1.54, 1.807) is 10.8 Å². The SMILES string of the molecule is CC.CCOc1ccc(-n2cc(Br)c(Cl)cc2=O)c(C)c1. The van der Waals surface area contributed by atoms with Crippen molar-refractivity contribution in [2.45, 2.75) is 27.7 Å². The van der Waals surface area contributed by atoms with Crippen LogP contribution in [0, 0.1) is 6.92 Å². The van der Waals surface area contributed by atoms with Gasteiger partial charge in [0.1, 0.15) is 5.75 Å². The smallest absolute Gasteiger partial charge is 0.256 e. The Kier molecular flexibility index (Phi) is 6.99. The van der Waals surface area contributed by atoms with Gasteiger partial charge in [0.25, 0.3) is 5.56 Å². The van der Waals surface area contributed by atoms with Crippen LogP contribution in [0.2, 0.25) is 5.02 Å². The van der Waals surface area contributed by atoms with Crippen molar-refractivity contribution in [3.05, 3.63) is 55.9 Å². The molecule has 2 rings (SSSR count). The molecular weight excluding hydrogens is 354 g/mol.